The minimum atomic E-state index is -1.02. The first-order valence-corrected chi connectivity index (χ1v) is 5.95. The third-order valence-electron chi connectivity index (χ3n) is 3.24. The van der Waals surface area contributed by atoms with Crippen molar-refractivity contribution in [3.8, 4) is 0 Å². The smallest absolute Gasteiger partial charge is 0.335 e. The Balaban J connectivity index is 2.00. The highest BCUT2D eigenvalue weighted by Crippen LogP contribution is 2.19. The topological polar surface area (TPSA) is 84.5 Å². The first-order valence-electron chi connectivity index (χ1n) is 5.95. The number of aromatic nitrogens is 2. The van der Waals surface area contributed by atoms with E-state index in [4.69, 9.17) is 5.11 Å². The fraction of sp³-hybridized carbons (Fsp3) is 0.154. The van der Waals surface area contributed by atoms with Gasteiger partial charge in [-0.3, -0.25) is 9.59 Å². The number of hydrogen-bond acceptors (Lipinski definition) is 4. The number of carboxylic acid groups (broad SMARTS) is 1. The molecule has 1 aromatic carbocycles. The quantitative estimate of drug-likeness (QED) is 0.841. The predicted octanol–water partition coefficient (Wildman–Crippen LogP) is 0.143. The third-order valence-corrected chi connectivity index (χ3v) is 3.24. The van der Waals surface area contributed by atoms with Gasteiger partial charge >= 0.3 is 5.97 Å². The Morgan fingerprint density at radius 1 is 1.00 bits per heavy atom. The van der Waals surface area contributed by atoms with Crippen LogP contribution in [0.5, 0.6) is 0 Å². The largest absolute Gasteiger partial charge is 0.478 e. The molecule has 0 radical (unpaired) electrons. The molecule has 1 aliphatic rings. The van der Waals surface area contributed by atoms with E-state index in [1.807, 2.05) is 0 Å². The number of fused-ring (bicyclic) bond motifs is 1. The Hall–Kier alpha value is -2.83. The van der Waals surface area contributed by atoms with E-state index in [2.05, 4.69) is 0 Å². The lowest BCUT2D eigenvalue weighted by Crippen LogP contribution is -2.32. The van der Waals surface area contributed by atoms with Crippen LogP contribution in [0.4, 0.5) is 5.69 Å². The van der Waals surface area contributed by atoms with Crippen molar-refractivity contribution in [2.75, 3.05) is 4.90 Å². The molecule has 20 heavy (non-hydrogen) atoms. The summed E-state index contributed by atoms with van der Waals surface area (Å²) in [6.45, 7) is 0.440. The number of aromatic carboxylic acids is 1. The van der Waals surface area contributed by atoms with Crippen LogP contribution >= 0.6 is 0 Å². The fourth-order valence-electron chi connectivity index (χ4n) is 2.21. The fourth-order valence-corrected chi connectivity index (χ4v) is 2.21. The first-order chi connectivity index (χ1) is 9.56. The van der Waals surface area contributed by atoms with Crippen LogP contribution in [-0.4, -0.2) is 20.4 Å². The van der Waals surface area contributed by atoms with E-state index in [0.29, 0.717) is 5.69 Å². The highest BCUT2D eigenvalue weighted by atomic mass is 16.4. The van der Waals surface area contributed by atoms with E-state index in [0.717, 1.165) is 0 Å². The van der Waals surface area contributed by atoms with Gasteiger partial charge in [-0.2, -0.15) is 0 Å². The number of anilines is 1. The average Bonchev–Trinajstić information content (AvgIpc) is 2.89. The molecular formula is C13H11N3O4. The molecule has 0 saturated carbocycles. The minimum Gasteiger partial charge on any atom is -0.478 e. The zero-order valence-electron chi connectivity index (χ0n) is 10.4. The molecule has 0 saturated heterocycles. The molecule has 1 aliphatic heterocycles. The van der Waals surface area contributed by atoms with Crippen molar-refractivity contribution in [3.63, 3.8) is 0 Å². The summed E-state index contributed by atoms with van der Waals surface area (Å²) in [5.74, 6) is -1.02. The van der Waals surface area contributed by atoms with Gasteiger partial charge in [-0.1, -0.05) is 6.07 Å². The Labute approximate surface area is 112 Å². The lowest BCUT2D eigenvalue weighted by Gasteiger charge is -2.15. The van der Waals surface area contributed by atoms with Gasteiger partial charge in [0.25, 0.3) is 11.1 Å². The van der Waals surface area contributed by atoms with E-state index in [-0.39, 0.29) is 30.0 Å². The van der Waals surface area contributed by atoms with Crippen LogP contribution in [0, 0.1) is 0 Å². The van der Waals surface area contributed by atoms with E-state index < -0.39 is 5.97 Å². The number of nitrogens with zero attached hydrogens (tertiary/aromatic N) is 3. The molecule has 102 valence electrons. The van der Waals surface area contributed by atoms with E-state index in [1.54, 1.807) is 17.0 Å². The monoisotopic (exact) mass is 273 g/mol. The number of carbonyl (C=O) groups is 1. The number of carboxylic acids is 1. The van der Waals surface area contributed by atoms with Gasteiger partial charge in [-0.25, -0.2) is 14.2 Å². The molecule has 0 aliphatic carbocycles. The molecule has 0 spiro atoms. The van der Waals surface area contributed by atoms with Crippen LogP contribution in [0.15, 0.2) is 46.0 Å². The van der Waals surface area contributed by atoms with Crippen molar-refractivity contribution in [1.82, 2.24) is 9.36 Å². The van der Waals surface area contributed by atoms with Crippen LogP contribution in [0.25, 0.3) is 0 Å². The lowest BCUT2D eigenvalue weighted by molar-refractivity contribution is 0.0697. The lowest BCUT2D eigenvalue weighted by atomic mass is 10.2. The van der Waals surface area contributed by atoms with Crippen molar-refractivity contribution in [2.45, 2.75) is 13.3 Å². The van der Waals surface area contributed by atoms with Crippen LogP contribution in [0.2, 0.25) is 0 Å². The van der Waals surface area contributed by atoms with Gasteiger partial charge in [0.1, 0.15) is 13.3 Å². The Morgan fingerprint density at radius 2 is 1.60 bits per heavy atom. The van der Waals surface area contributed by atoms with Crippen molar-refractivity contribution < 1.29 is 9.90 Å². The van der Waals surface area contributed by atoms with Crippen LogP contribution in [0.1, 0.15) is 10.4 Å². The Kier molecular flexibility index (Phi) is 2.67. The SMILES string of the molecule is O=C(O)c1cccc(N2Cn3c(=O)ccc(=O)n3C2)c1. The van der Waals surface area contributed by atoms with Crippen molar-refractivity contribution in [1.29, 1.82) is 0 Å². The van der Waals surface area contributed by atoms with Gasteiger partial charge in [-0.05, 0) is 18.2 Å². The molecule has 3 rings (SSSR count). The summed E-state index contributed by atoms with van der Waals surface area (Å²) in [6.07, 6.45) is 0. The normalized spacial score (nSPS) is 13.3. The summed E-state index contributed by atoms with van der Waals surface area (Å²) in [6, 6.07) is 8.85. The Morgan fingerprint density at radius 3 is 2.15 bits per heavy atom. The molecule has 1 N–H and O–H groups in total. The molecule has 0 fully saturated rings. The summed E-state index contributed by atoms with van der Waals surface area (Å²) in [5, 5.41) is 8.98. The molecule has 7 heteroatoms. The predicted molar refractivity (Wildman–Crippen MR) is 70.8 cm³/mol. The average molecular weight is 273 g/mol. The molecule has 2 aromatic rings. The maximum absolute atomic E-state index is 11.7. The molecule has 0 unspecified atom stereocenters. The van der Waals surface area contributed by atoms with Crippen LogP contribution in [-0.2, 0) is 13.3 Å². The number of benzene rings is 1. The van der Waals surface area contributed by atoms with Crippen LogP contribution < -0.4 is 16.0 Å². The second-order valence-electron chi connectivity index (χ2n) is 4.49. The number of hydrogen-bond donors (Lipinski definition) is 1. The second-order valence-corrected chi connectivity index (χ2v) is 4.49. The maximum atomic E-state index is 11.7. The zero-order chi connectivity index (χ0) is 14.3. The minimum absolute atomic E-state index is 0.165. The van der Waals surface area contributed by atoms with Crippen molar-refractivity contribution in [3.05, 3.63) is 62.7 Å². The van der Waals surface area contributed by atoms with E-state index >= 15 is 0 Å². The summed E-state index contributed by atoms with van der Waals surface area (Å²) in [7, 11) is 0. The van der Waals surface area contributed by atoms with Gasteiger partial charge in [0.15, 0.2) is 0 Å². The first kappa shape index (κ1) is 12.2. The zero-order valence-corrected chi connectivity index (χ0v) is 10.4. The van der Waals surface area contributed by atoms with Gasteiger partial charge in [0.2, 0.25) is 0 Å². The van der Waals surface area contributed by atoms with Gasteiger partial charge in [-0.15, -0.1) is 0 Å². The second kappa shape index (κ2) is 4.37. The van der Waals surface area contributed by atoms with Gasteiger partial charge in [0, 0.05) is 17.8 Å². The standard InChI is InChI=1S/C13H11N3O4/c17-11-4-5-12(18)16-8-14(7-15(11)16)10-3-1-2-9(6-10)13(19)20/h1-6H,7-8H2,(H,19,20). The Bertz CT molecular complexity index is 767. The third kappa shape index (κ3) is 1.89. The molecule has 0 amide bonds. The molecule has 0 atom stereocenters. The summed E-state index contributed by atoms with van der Waals surface area (Å²) in [4.78, 5) is 36.1. The number of rotatable bonds is 2. The van der Waals surface area contributed by atoms with Crippen LogP contribution in [0.3, 0.4) is 0 Å². The molecular weight excluding hydrogens is 262 g/mol. The van der Waals surface area contributed by atoms with Gasteiger partial charge < -0.3 is 10.0 Å². The molecule has 2 heterocycles. The summed E-state index contributed by atoms with van der Waals surface area (Å²) < 4.78 is 2.66. The molecule has 1 aromatic heterocycles. The highest BCUT2D eigenvalue weighted by Gasteiger charge is 2.20. The molecule has 0 bridgehead atoms. The van der Waals surface area contributed by atoms with E-state index in [1.165, 1.54) is 33.6 Å². The van der Waals surface area contributed by atoms with Crippen molar-refractivity contribution >= 4 is 11.7 Å². The van der Waals surface area contributed by atoms with Crippen molar-refractivity contribution in [2.24, 2.45) is 0 Å². The molecule has 7 nitrogen and oxygen atoms in total. The maximum Gasteiger partial charge on any atom is 0.335 e. The summed E-state index contributed by atoms with van der Waals surface area (Å²) >= 11 is 0. The summed E-state index contributed by atoms with van der Waals surface area (Å²) in [5.41, 5.74) is 0.293. The van der Waals surface area contributed by atoms with E-state index in [9.17, 15) is 14.4 Å². The highest BCUT2D eigenvalue weighted by molar-refractivity contribution is 5.88. The van der Waals surface area contributed by atoms with Gasteiger partial charge in [0.05, 0.1) is 5.56 Å².